The van der Waals surface area contributed by atoms with Crippen LogP contribution in [-0.4, -0.2) is 0 Å². The zero-order chi connectivity index (χ0) is 11.8. The van der Waals surface area contributed by atoms with Crippen molar-refractivity contribution in [3.8, 4) is 11.2 Å². The van der Waals surface area contributed by atoms with E-state index in [9.17, 15) is 0 Å². The summed E-state index contributed by atoms with van der Waals surface area (Å²) in [4.78, 5) is 1.21. The van der Waals surface area contributed by atoms with E-state index in [1.807, 2.05) is 24.3 Å². The van der Waals surface area contributed by atoms with Gasteiger partial charge in [0.15, 0.2) is 0 Å². The van der Waals surface area contributed by atoms with E-state index in [1.165, 1.54) is 37.0 Å². The van der Waals surface area contributed by atoms with Gasteiger partial charge < -0.3 is 0 Å². The van der Waals surface area contributed by atoms with Gasteiger partial charge in [0.25, 0.3) is 0 Å². The predicted octanol–water partition coefficient (Wildman–Crippen LogP) is 4.88. The molecule has 0 aromatic heterocycles. The maximum atomic E-state index is 3.12. The Kier molecular flexibility index (Phi) is 5.26. The Hall–Kier alpha value is -1.13. The van der Waals surface area contributed by atoms with Gasteiger partial charge in [0, 0.05) is 4.90 Å². The first-order valence-corrected chi connectivity index (χ1v) is 7.16. The van der Waals surface area contributed by atoms with Crippen LogP contribution in [-0.2, 0) is 0 Å². The summed E-state index contributed by atoms with van der Waals surface area (Å²) in [5, 5.41) is 3.12. The van der Waals surface area contributed by atoms with Crippen LogP contribution in [0.3, 0.4) is 0 Å². The predicted molar refractivity (Wildman–Crippen MR) is 75.8 cm³/mol. The lowest BCUT2D eigenvalue weighted by Gasteiger charge is -2.17. The summed E-state index contributed by atoms with van der Waals surface area (Å²) in [6.07, 6.45) is 11.2. The molecule has 2 rings (SSSR count). The number of hydrogen-bond acceptors (Lipinski definition) is 1. The molecule has 1 aliphatic carbocycles. The molecule has 0 atom stereocenters. The highest BCUT2D eigenvalue weighted by atomic mass is 32.2. The van der Waals surface area contributed by atoms with Crippen molar-refractivity contribution in [1.29, 1.82) is 0 Å². The van der Waals surface area contributed by atoms with Crippen LogP contribution in [0.1, 0.15) is 32.1 Å². The number of thioether (sulfide) groups is 1. The fraction of sp³-hybridized carbons (Fsp3) is 0.375. The lowest BCUT2D eigenvalue weighted by Crippen LogP contribution is -2.02. The Morgan fingerprint density at radius 1 is 1.06 bits per heavy atom. The molecule has 1 aromatic carbocycles. The smallest absolute Gasteiger partial charge is 0.0203 e. The van der Waals surface area contributed by atoms with E-state index >= 15 is 0 Å². The van der Waals surface area contributed by atoms with Crippen LogP contribution in [0.25, 0.3) is 0 Å². The van der Waals surface area contributed by atoms with Crippen molar-refractivity contribution in [3.63, 3.8) is 0 Å². The highest BCUT2D eigenvalue weighted by Gasteiger charge is 2.08. The molecule has 0 N–H and O–H groups in total. The topological polar surface area (TPSA) is 0 Å². The second-order valence-electron chi connectivity index (χ2n) is 4.42. The first kappa shape index (κ1) is 12.3. The van der Waals surface area contributed by atoms with Gasteiger partial charge in [0.05, 0.1) is 0 Å². The quantitative estimate of drug-likeness (QED) is 0.526. The van der Waals surface area contributed by atoms with E-state index in [1.54, 1.807) is 11.8 Å². The van der Waals surface area contributed by atoms with Crippen LogP contribution in [0.5, 0.6) is 0 Å². The van der Waals surface area contributed by atoms with Crippen molar-refractivity contribution in [3.05, 3.63) is 42.5 Å². The SMILES string of the molecule is C(#CSc1ccccc1)/C=C\C1CCCCC1. The van der Waals surface area contributed by atoms with Crippen molar-refractivity contribution in [2.45, 2.75) is 37.0 Å². The van der Waals surface area contributed by atoms with Gasteiger partial charge >= 0.3 is 0 Å². The molecule has 0 bridgehead atoms. The average Bonchev–Trinajstić information content (AvgIpc) is 2.41. The third-order valence-electron chi connectivity index (χ3n) is 3.07. The van der Waals surface area contributed by atoms with E-state index < -0.39 is 0 Å². The summed E-state index contributed by atoms with van der Waals surface area (Å²) in [6, 6.07) is 10.3. The van der Waals surface area contributed by atoms with Gasteiger partial charge in [-0.3, -0.25) is 0 Å². The molecular weight excluding hydrogens is 224 g/mol. The standard InChI is InChI=1S/C16H18S/c1-3-9-15(10-4-1)11-7-8-14-17-16-12-5-2-6-13-16/h2,5-7,11-13,15H,1,3-4,9-10H2/b11-7-. The first-order valence-electron chi connectivity index (χ1n) is 6.34. The van der Waals surface area contributed by atoms with Gasteiger partial charge in [-0.1, -0.05) is 49.5 Å². The van der Waals surface area contributed by atoms with Gasteiger partial charge in [-0.05, 0) is 54.0 Å². The van der Waals surface area contributed by atoms with Crippen LogP contribution < -0.4 is 0 Å². The Balaban J connectivity index is 1.76. The second-order valence-corrected chi connectivity index (χ2v) is 5.30. The molecule has 0 aliphatic heterocycles. The molecule has 0 unspecified atom stereocenters. The van der Waals surface area contributed by atoms with Crippen LogP contribution in [0.15, 0.2) is 47.4 Å². The van der Waals surface area contributed by atoms with Crippen LogP contribution in [0.2, 0.25) is 0 Å². The van der Waals surface area contributed by atoms with Gasteiger partial charge in [-0.2, -0.15) is 0 Å². The molecule has 88 valence electrons. The third kappa shape index (κ3) is 4.71. The largest absolute Gasteiger partial charge is 0.0730 e. The zero-order valence-corrected chi connectivity index (χ0v) is 10.9. The Labute approximate surface area is 109 Å². The second kappa shape index (κ2) is 7.25. The molecular formula is C16H18S. The highest BCUT2D eigenvalue weighted by Crippen LogP contribution is 2.24. The minimum absolute atomic E-state index is 0.778. The minimum Gasteiger partial charge on any atom is -0.0730 e. The molecule has 0 nitrogen and oxygen atoms in total. The number of rotatable bonds is 2. The fourth-order valence-corrected chi connectivity index (χ4v) is 2.66. The van der Waals surface area contributed by atoms with Gasteiger partial charge in [-0.25, -0.2) is 0 Å². The Bertz CT molecular complexity index is 402. The molecule has 1 heteroatoms. The molecule has 0 spiro atoms. The molecule has 0 amide bonds. The van der Waals surface area contributed by atoms with E-state index in [-0.39, 0.29) is 0 Å². The third-order valence-corrected chi connectivity index (χ3v) is 3.80. The van der Waals surface area contributed by atoms with Crippen molar-refractivity contribution >= 4 is 11.8 Å². The Morgan fingerprint density at radius 3 is 2.59 bits per heavy atom. The minimum atomic E-state index is 0.778. The van der Waals surface area contributed by atoms with Gasteiger partial charge in [0.1, 0.15) is 0 Å². The number of benzene rings is 1. The van der Waals surface area contributed by atoms with Crippen molar-refractivity contribution in [2.75, 3.05) is 0 Å². The number of hydrogen-bond donors (Lipinski definition) is 0. The summed E-state index contributed by atoms with van der Waals surface area (Å²) in [6.45, 7) is 0. The first-order chi connectivity index (χ1) is 8.45. The summed E-state index contributed by atoms with van der Waals surface area (Å²) < 4.78 is 0. The molecule has 0 saturated heterocycles. The highest BCUT2D eigenvalue weighted by molar-refractivity contribution is 8.03. The summed E-state index contributed by atoms with van der Waals surface area (Å²) in [7, 11) is 0. The van der Waals surface area contributed by atoms with E-state index in [0.717, 1.165) is 5.92 Å². The van der Waals surface area contributed by atoms with E-state index in [4.69, 9.17) is 0 Å². The molecule has 0 radical (unpaired) electrons. The lowest BCUT2D eigenvalue weighted by molar-refractivity contribution is 0.419. The lowest BCUT2D eigenvalue weighted by atomic mass is 9.89. The molecule has 0 heterocycles. The molecule has 1 saturated carbocycles. The monoisotopic (exact) mass is 242 g/mol. The van der Waals surface area contributed by atoms with Crippen molar-refractivity contribution in [1.82, 2.24) is 0 Å². The van der Waals surface area contributed by atoms with Crippen LogP contribution in [0, 0.1) is 17.1 Å². The normalized spacial score (nSPS) is 16.7. The maximum Gasteiger partial charge on any atom is 0.0203 e. The molecule has 1 aromatic rings. The van der Waals surface area contributed by atoms with E-state index in [0.29, 0.717) is 0 Å². The van der Waals surface area contributed by atoms with Crippen molar-refractivity contribution in [2.24, 2.45) is 5.92 Å². The average molecular weight is 242 g/mol. The molecule has 1 fully saturated rings. The Morgan fingerprint density at radius 2 is 1.82 bits per heavy atom. The summed E-state index contributed by atoms with van der Waals surface area (Å²) >= 11 is 1.59. The van der Waals surface area contributed by atoms with Crippen molar-refractivity contribution < 1.29 is 0 Å². The molecule has 17 heavy (non-hydrogen) atoms. The maximum absolute atomic E-state index is 3.12. The summed E-state index contributed by atoms with van der Waals surface area (Å²) in [5.41, 5.74) is 0. The van der Waals surface area contributed by atoms with Gasteiger partial charge in [-0.15, -0.1) is 0 Å². The molecule has 1 aliphatic rings. The summed E-state index contributed by atoms with van der Waals surface area (Å²) in [5.74, 6) is 3.89. The fourth-order valence-electron chi connectivity index (χ4n) is 2.12. The van der Waals surface area contributed by atoms with E-state index in [2.05, 4.69) is 29.4 Å². The van der Waals surface area contributed by atoms with Gasteiger partial charge in [0.2, 0.25) is 0 Å². The zero-order valence-electron chi connectivity index (χ0n) is 10.1. The number of allylic oxidation sites excluding steroid dienone is 2. The van der Waals surface area contributed by atoms with Crippen LogP contribution in [0.4, 0.5) is 0 Å². The van der Waals surface area contributed by atoms with Crippen LogP contribution >= 0.6 is 11.8 Å².